The van der Waals surface area contributed by atoms with Crippen LogP contribution in [0.15, 0.2) is 41.0 Å². The lowest BCUT2D eigenvalue weighted by molar-refractivity contribution is -0.144. The zero-order valence-corrected chi connectivity index (χ0v) is 14.7. The molecular formula is C16H11F2N3O3S2. The van der Waals surface area contributed by atoms with E-state index < -0.39 is 30.1 Å². The number of anilines is 1. The highest BCUT2D eigenvalue weighted by molar-refractivity contribution is 8.00. The van der Waals surface area contributed by atoms with Gasteiger partial charge in [0.25, 0.3) is 5.91 Å². The summed E-state index contributed by atoms with van der Waals surface area (Å²) in [7, 11) is 0. The largest absolute Gasteiger partial charge is 0.455 e. The van der Waals surface area contributed by atoms with Crippen LogP contribution >= 0.6 is 23.1 Å². The second kappa shape index (κ2) is 8.19. The number of amides is 1. The second-order valence-electron chi connectivity index (χ2n) is 4.94. The fourth-order valence-electron chi connectivity index (χ4n) is 1.97. The monoisotopic (exact) mass is 395 g/mol. The summed E-state index contributed by atoms with van der Waals surface area (Å²) in [5.41, 5.74) is -0.192. The molecule has 0 fully saturated rings. The standard InChI is InChI=1S/C16H11F2N3O3S2/c17-9-1-2-12(11(18)5-9)21-13(22)6-24-14(23)7-26-16-10-3-4-25-15(10)19-8-20-16/h1-5,8H,6-7H2,(H,21,22). The van der Waals surface area contributed by atoms with E-state index in [2.05, 4.69) is 15.3 Å². The summed E-state index contributed by atoms with van der Waals surface area (Å²) in [5, 5.41) is 5.57. The van der Waals surface area contributed by atoms with Crippen molar-refractivity contribution < 1.29 is 23.1 Å². The van der Waals surface area contributed by atoms with Crippen LogP contribution in [0.1, 0.15) is 0 Å². The van der Waals surface area contributed by atoms with Gasteiger partial charge in [0.05, 0.1) is 11.4 Å². The number of nitrogens with one attached hydrogen (secondary N) is 1. The molecule has 0 saturated heterocycles. The number of nitrogens with zero attached hydrogens (tertiary/aromatic N) is 2. The Balaban J connectivity index is 1.48. The predicted molar refractivity (Wildman–Crippen MR) is 94.1 cm³/mol. The van der Waals surface area contributed by atoms with Crippen LogP contribution in [0.3, 0.4) is 0 Å². The molecule has 0 radical (unpaired) electrons. The number of hydrogen-bond donors (Lipinski definition) is 1. The van der Waals surface area contributed by atoms with Gasteiger partial charge in [-0.1, -0.05) is 11.8 Å². The zero-order chi connectivity index (χ0) is 18.5. The van der Waals surface area contributed by atoms with E-state index in [9.17, 15) is 18.4 Å². The Labute approximate surface area is 154 Å². The van der Waals surface area contributed by atoms with Gasteiger partial charge in [-0.25, -0.2) is 18.7 Å². The first-order chi connectivity index (χ1) is 12.5. The van der Waals surface area contributed by atoms with E-state index in [1.165, 1.54) is 29.4 Å². The van der Waals surface area contributed by atoms with Crippen molar-refractivity contribution >= 4 is 50.9 Å². The molecule has 0 aliphatic carbocycles. The summed E-state index contributed by atoms with van der Waals surface area (Å²) in [6.45, 7) is -0.576. The summed E-state index contributed by atoms with van der Waals surface area (Å²) < 4.78 is 31.1. The number of carbonyl (C=O) groups is 2. The molecule has 10 heteroatoms. The molecule has 0 saturated carbocycles. The van der Waals surface area contributed by atoms with Crippen molar-refractivity contribution in [2.24, 2.45) is 0 Å². The summed E-state index contributed by atoms with van der Waals surface area (Å²) in [6, 6.07) is 4.60. The highest BCUT2D eigenvalue weighted by Gasteiger charge is 2.13. The minimum atomic E-state index is -0.913. The van der Waals surface area contributed by atoms with Crippen molar-refractivity contribution in [1.29, 1.82) is 0 Å². The van der Waals surface area contributed by atoms with Gasteiger partial charge in [-0.15, -0.1) is 11.3 Å². The van der Waals surface area contributed by atoms with Gasteiger partial charge in [0.15, 0.2) is 6.61 Å². The SMILES string of the molecule is O=C(COC(=O)CSc1ncnc2sccc12)Nc1ccc(F)cc1F. The normalized spacial score (nSPS) is 10.7. The van der Waals surface area contributed by atoms with Gasteiger partial charge in [-0.2, -0.15) is 0 Å². The van der Waals surface area contributed by atoms with Crippen LogP contribution in [-0.2, 0) is 14.3 Å². The van der Waals surface area contributed by atoms with Crippen molar-refractivity contribution in [2.75, 3.05) is 17.7 Å². The molecule has 0 unspecified atom stereocenters. The Hall–Kier alpha value is -2.59. The number of benzene rings is 1. The Bertz CT molecular complexity index is 965. The average molecular weight is 395 g/mol. The summed E-state index contributed by atoms with van der Waals surface area (Å²) in [4.78, 5) is 32.5. The van der Waals surface area contributed by atoms with Gasteiger partial charge in [0.1, 0.15) is 27.8 Å². The Morgan fingerprint density at radius 1 is 1.23 bits per heavy atom. The van der Waals surface area contributed by atoms with Gasteiger partial charge in [-0.3, -0.25) is 9.59 Å². The van der Waals surface area contributed by atoms with E-state index in [1.54, 1.807) is 0 Å². The van der Waals surface area contributed by atoms with Gasteiger partial charge in [0, 0.05) is 11.5 Å². The van der Waals surface area contributed by atoms with Crippen molar-refractivity contribution in [3.05, 3.63) is 47.6 Å². The molecule has 3 aromatic rings. The van der Waals surface area contributed by atoms with E-state index in [1.807, 2.05) is 11.4 Å². The average Bonchev–Trinajstić information content (AvgIpc) is 3.10. The lowest BCUT2D eigenvalue weighted by atomic mass is 10.3. The molecule has 0 bridgehead atoms. The molecular weight excluding hydrogens is 384 g/mol. The van der Waals surface area contributed by atoms with Crippen molar-refractivity contribution in [3.63, 3.8) is 0 Å². The number of carbonyl (C=O) groups excluding carboxylic acids is 2. The molecule has 2 heterocycles. The van der Waals surface area contributed by atoms with Gasteiger partial charge in [-0.05, 0) is 23.6 Å². The van der Waals surface area contributed by atoms with E-state index in [4.69, 9.17) is 4.74 Å². The smallest absolute Gasteiger partial charge is 0.316 e. The minimum Gasteiger partial charge on any atom is -0.455 e. The fraction of sp³-hybridized carbons (Fsp3) is 0.125. The highest BCUT2D eigenvalue weighted by atomic mass is 32.2. The van der Waals surface area contributed by atoms with Crippen molar-refractivity contribution in [2.45, 2.75) is 5.03 Å². The molecule has 1 amide bonds. The van der Waals surface area contributed by atoms with E-state index in [0.29, 0.717) is 11.1 Å². The molecule has 6 nitrogen and oxygen atoms in total. The number of thioether (sulfide) groups is 1. The summed E-state index contributed by atoms with van der Waals surface area (Å²) in [5.74, 6) is -3.06. The number of hydrogen-bond acceptors (Lipinski definition) is 7. The molecule has 2 aromatic heterocycles. The van der Waals surface area contributed by atoms with E-state index in [0.717, 1.165) is 22.3 Å². The van der Waals surface area contributed by atoms with Crippen LogP contribution in [0.4, 0.5) is 14.5 Å². The van der Waals surface area contributed by atoms with Crippen LogP contribution in [0.5, 0.6) is 0 Å². The molecule has 1 N–H and O–H groups in total. The number of rotatable bonds is 6. The first-order valence-electron chi connectivity index (χ1n) is 7.24. The lowest BCUT2D eigenvalue weighted by Crippen LogP contribution is -2.22. The maximum atomic E-state index is 13.4. The molecule has 0 aliphatic heterocycles. The van der Waals surface area contributed by atoms with Crippen LogP contribution in [0.25, 0.3) is 10.2 Å². The Kier molecular flexibility index (Phi) is 5.74. The van der Waals surface area contributed by atoms with Crippen LogP contribution in [0.2, 0.25) is 0 Å². The number of thiophene rings is 1. The second-order valence-corrected chi connectivity index (χ2v) is 6.80. The zero-order valence-electron chi connectivity index (χ0n) is 13.1. The first kappa shape index (κ1) is 18.2. The maximum absolute atomic E-state index is 13.4. The Morgan fingerprint density at radius 2 is 2.08 bits per heavy atom. The number of esters is 1. The molecule has 0 spiro atoms. The number of ether oxygens (including phenoxy) is 1. The molecule has 1 aromatic carbocycles. The van der Waals surface area contributed by atoms with Gasteiger partial charge >= 0.3 is 5.97 Å². The predicted octanol–water partition coefficient (Wildman–Crippen LogP) is 3.24. The number of halogens is 2. The van der Waals surface area contributed by atoms with Crippen LogP contribution in [-0.4, -0.2) is 34.2 Å². The maximum Gasteiger partial charge on any atom is 0.316 e. The molecule has 3 rings (SSSR count). The highest BCUT2D eigenvalue weighted by Crippen LogP contribution is 2.27. The molecule has 134 valence electrons. The molecule has 0 aliphatic rings. The third-order valence-electron chi connectivity index (χ3n) is 3.12. The van der Waals surface area contributed by atoms with Crippen LogP contribution in [0, 0.1) is 11.6 Å². The quantitative estimate of drug-likeness (QED) is 0.392. The van der Waals surface area contributed by atoms with E-state index in [-0.39, 0.29) is 11.4 Å². The molecule has 26 heavy (non-hydrogen) atoms. The third-order valence-corrected chi connectivity index (χ3v) is 4.92. The number of fused-ring (bicyclic) bond motifs is 1. The summed E-state index contributed by atoms with van der Waals surface area (Å²) in [6.07, 6.45) is 1.41. The summed E-state index contributed by atoms with van der Waals surface area (Å²) >= 11 is 2.64. The first-order valence-corrected chi connectivity index (χ1v) is 9.11. The number of aromatic nitrogens is 2. The lowest BCUT2D eigenvalue weighted by Gasteiger charge is -2.07. The van der Waals surface area contributed by atoms with Gasteiger partial charge < -0.3 is 10.1 Å². The van der Waals surface area contributed by atoms with Crippen molar-refractivity contribution in [1.82, 2.24) is 9.97 Å². The molecule has 0 atom stereocenters. The van der Waals surface area contributed by atoms with E-state index >= 15 is 0 Å². The fourth-order valence-corrected chi connectivity index (χ4v) is 3.55. The Morgan fingerprint density at radius 3 is 2.88 bits per heavy atom. The van der Waals surface area contributed by atoms with Crippen molar-refractivity contribution in [3.8, 4) is 0 Å². The van der Waals surface area contributed by atoms with Gasteiger partial charge in [0.2, 0.25) is 0 Å². The minimum absolute atomic E-state index is 0.0415. The third kappa shape index (κ3) is 4.52. The topological polar surface area (TPSA) is 81.2 Å². The van der Waals surface area contributed by atoms with Crippen LogP contribution < -0.4 is 5.32 Å².